The molecule has 0 aromatic heterocycles. The van der Waals surface area contributed by atoms with Gasteiger partial charge in [0.1, 0.15) is 6.61 Å². The minimum atomic E-state index is -3.80. The van der Waals surface area contributed by atoms with E-state index in [4.69, 9.17) is 27.5 Å². The highest BCUT2D eigenvalue weighted by atomic mass is 35.5. The van der Waals surface area contributed by atoms with E-state index >= 15 is 0 Å². The lowest BCUT2D eigenvalue weighted by Crippen LogP contribution is -1.98. The normalized spacial score (nSPS) is 11.1. The van der Waals surface area contributed by atoms with Crippen LogP contribution in [0.1, 0.15) is 5.56 Å². The van der Waals surface area contributed by atoms with Crippen LogP contribution < -0.4 is 9.47 Å². The Morgan fingerprint density at radius 1 is 1.30 bits per heavy atom. The van der Waals surface area contributed by atoms with E-state index in [0.717, 1.165) is 17.5 Å². The van der Waals surface area contributed by atoms with Crippen LogP contribution in [0.25, 0.3) is 6.08 Å². The van der Waals surface area contributed by atoms with E-state index in [1.807, 2.05) is 0 Å². The van der Waals surface area contributed by atoms with Crippen LogP contribution in [0.4, 0.5) is 5.69 Å². The second-order valence-corrected chi connectivity index (χ2v) is 7.37. The lowest BCUT2D eigenvalue weighted by Gasteiger charge is -2.11. The number of nitro benzene ring substituents is 1. The molecule has 2 rings (SSSR count). The average molecular weight is 408 g/mol. The summed E-state index contributed by atoms with van der Waals surface area (Å²) in [5, 5.41) is 11.8. The van der Waals surface area contributed by atoms with Gasteiger partial charge in [-0.2, -0.15) is 0 Å². The SMILES string of the molecule is C#CCOc1c(Cl)cc(/C=C/S(=O)(=O)c2ccc([N+](=O)[O-])cc2)cc1OC. The first-order valence-corrected chi connectivity index (χ1v) is 9.32. The highest BCUT2D eigenvalue weighted by Crippen LogP contribution is 2.36. The molecule has 27 heavy (non-hydrogen) atoms. The van der Waals surface area contributed by atoms with Crippen molar-refractivity contribution in [1.29, 1.82) is 0 Å². The predicted molar refractivity (Wildman–Crippen MR) is 102 cm³/mol. The highest BCUT2D eigenvalue weighted by Gasteiger charge is 2.14. The fraction of sp³-hybridized carbons (Fsp3) is 0.111. The van der Waals surface area contributed by atoms with Gasteiger partial charge in [-0.05, 0) is 35.9 Å². The zero-order valence-corrected chi connectivity index (χ0v) is 15.7. The van der Waals surface area contributed by atoms with Crippen LogP contribution in [-0.4, -0.2) is 27.1 Å². The average Bonchev–Trinajstić information content (AvgIpc) is 2.65. The van der Waals surface area contributed by atoms with E-state index in [9.17, 15) is 18.5 Å². The lowest BCUT2D eigenvalue weighted by atomic mass is 10.2. The van der Waals surface area contributed by atoms with Gasteiger partial charge in [0.25, 0.3) is 5.69 Å². The van der Waals surface area contributed by atoms with Gasteiger partial charge in [0, 0.05) is 17.5 Å². The summed E-state index contributed by atoms with van der Waals surface area (Å²) in [6.45, 7) is -0.000209. The van der Waals surface area contributed by atoms with Crippen molar-refractivity contribution in [2.45, 2.75) is 4.90 Å². The van der Waals surface area contributed by atoms with Gasteiger partial charge >= 0.3 is 0 Å². The number of methoxy groups -OCH3 is 1. The van der Waals surface area contributed by atoms with Gasteiger partial charge in [-0.15, -0.1) is 6.42 Å². The molecule has 140 valence electrons. The summed E-state index contributed by atoms with van der Waals surface area (Å²) in [5.74, 6) is 2.86. The second kappa shape index (κ2) is 8.58. The first-order chi connectivity index (χ1) is 12.8. The van der Waals surface area contributed by atoms with Crippen molar-refractivity contribution >= 4 is 33.2 Å². The van der Waals surface area contributed by atoms with Crippen LogP contribution in [-0.2, 0) is 9.84 Å². The van der Waals surface area contributed by atoms with E-state index < -0.39 is 14.8 Å². The molecule has 0 bridgehead atoms. The molecular formula is C18H14ClNO6S. The van der Waals surface area contributed by atoms with E-state index in [0.29, 0.717) is 11.3 Å². The number of terminal acetylenes is 1. The number of halogens is 1. The highest BCUT2D eigenvalue weighted by molar-refractivity contribution is 7.94. The van der Waals surface area contributed by atoms with E-state index in [1.165, 1.54) is 31.4 Å². The molecule has 0 unspecified atom stereocenters. The molecule has 0 fully saturated rings. The second-order valence-electron chi connectivity index (χ2n) is 5.13. The third-order valence-corrected chi connectivity index (χ3v) is 5.07. The summed E-state index contributed by atoms with van der Waals surface area (Å²) in [6, 6.07) is 7.62. The van der Waals surface area contributed by atoms with E-state index in [-0.39, 0.29) is 28.0 Å². The first kappa shape index (κ1) is 20.3. The summed E-state index contributed by atoms with van der Waals surface area (Å²) in [4.78, 5) is 9.98. The van der Waals surface area contributed by atoms with Crippen molar-refractivity contribution in [3.8, 4) is 23.8 Å². The van der Waals surface area contributed by atoms with Crippen molar-refractivity contribution in [3.63, 3.8) is 0 Å². The van der Waals surface area contributed by atoms with Gasteiger partial charge in [-0.25, -0.2) is 8.42 Å². The van der Waals surface area contributed by atoms with Crippen LogP contribution in [0.15, 0.2) is 46.7 Å². The number of non-ortho nitro benzene ring substituents is 1. The fourth-order valence-electron chi connectivity index (χ4n) is 2.09. The van der Waals surface area contributed by atoms with Gasteiger partial charge in [0.2, 0.25) is 0 Å². The van der Waals surface area contributed by atoms with Crippen LogP contribution in [0, 0.1) is 22.5 Å². The fourth-order valence-corrected chi connectivity index (χ4v) is 3.38. The number of nitro groups is 1. The number of nitrogens with zero attached hydrogens (tertiary/aromatic N) is 1. The molecule has 0 saturated heterocycles. The molecule has 0 spiro atoms. The van der Waals surface area contributed by atoms with Gasteiger partial charge in [-0.1, -0.05) is 17.5 Å². The minimum absolute atomic E-state index is 0.000209. The third-order valence-electron chi connectivity index (χ3n) is 3.37. The van der Waals surface area contributed by atoms with Crippen molar-refractivity contribution in [3.05, 3.63) is 62.5 Å². The zero-order valence-electron chi connectivity index (χ0n) is 14.1. The maximum absolute atomic E-state index is 12.4. The predicted octanol–water partition coefficient (Wildman–Crippen LogP) is 3.71. The molecule has 0 aliphatic rings. The van der Waals surface area contributed by atoms with Gasteiger partial charge in [0.05, 0.1) is 22.0 Å². The molecule has 0 N–H and O–H groups in total. The number of hydrogen-bond acceptors (Lipinski definition) is 6. The number of rotatable bonds is 7. The molecule has 2 aromatic carbocycles. The molecule has 0 aliphatic carbocycles. The van der Waals surface area contributed by atoms with E-state index in [2.05, 4.69) is 5.92 Å². The summed E-state index contributed by atoms with van der Waals surface area (Å²) < 4.78 is 35.2. The molecule has 0 atom stereocenters. The zero-order chi connectivity index (χ0) is 20.0. The Hall–Kier alpha value is -3.02. The van der Waals surface area contributed by atoms with Gasteiger partial charge in [0.15, 0.2) is 21.3 Å². The standard InChI is InChI=1S/C18H14ClNO6S/c1-3-9-26-18-16(19)11-13(12-17(18)25-2)8-10-27(23,24)15-6-4-14(5-7-15)20(21)22/h1,4-8,10-12H,9H2,2H3/b10-8+. The largest absolute Gasteiger partial charge is 0.493 e. The van der Waals surface area contributed by atoms with Crippen LogP contribution >= 0.6 is 11.6 Å². The minimum Gasteiger partial charge on any atom is -0.493 e. The Bertz CT molecular complexity index is 1020. The Kier molecular flexibility index (Phi) is 6.45. The Labute approximate surface area is 161 Å². The number of hydrogen-bond donors (Lipinski definition) is 0. The Morgan fingerprint density at radius 2 is 1.96 bits per heavy atom. The molecular weight excluding hydrogens is 394 g/mol. The van der Waals surface area contributed by atoms with Crippen LogP contribution in [0.2, 0.25) is 5.02 Å². The molecule has 0 amide bonds. The van der Waals surface area contributed by atoms with Gasteiger partial charge < -0.3 is 9.47 Å². The molecule has 0 radical (unpaired) electrons. The Morgan fingerprint density at radius 3 is 2.52 bits per heavy atom. The maximum atomic E-state index is 12.4. The summed E-state index contributed by atoms with van der Waals surface area (Å²) in [7, 11) is -2.39. The number of ether oxygens (including phenoxy) is 2. The molecule has 2 aromatic rings. The molecule has 0 heterocycles. The monoisotopic (exact) mass is 407 g/mol. The number of benzene rings is 2. The number of sulfone groups is 1. The smallest absolute Gasteiger partial charge is 0.269 e. The Balaban J connectivity index is 2.32. The third kappa shape index (κ3) is 5.00. The van der Waals surface area contributed by atoms with Crippen molar-refractivity contribution in [2.75, 3.05) is 13.7 Å². The first-order valence-electron chi connectivity index (χ1n) is 7.40. The summed E-state index contributed by atoms with van der Waals surface area (Å²) in [6.07, 6.45) is 6.48. The topological polar surface area (TPSA) is 95.7 Å². The maximum Gasteiger partial charge on any atom is 0.269 e. The van der Waals surface area contributed by atoms with Gasteiger partial charge in [-0.3, -0.25) is 10.1 Å². The van der Waals surface area contributed by atoms with Crippen molar-refractivity contribution in [2.24, 2.45) is 0 Å². The molecule has 0 aliphatic heterocycles. The van der Waals surface area contributed by atoms with Crippen LogP contribution in [0.5, 0.6) is 11.5 Å². The lowest BCUT2D eigenvalue weighted by molar-refractivity contribution is -0.384. The van der Waals surface area contributed by atoms with E-state index in [1.54, 1.807) is 6.07 Å². The summed E-state index contributed by atoms with van der Waals surface area (Å²) in [5.41, 5.74) is 0.257. The van der Waals surface area contributed by atoms with Crippen molar-refractivity contribution < 1.29 is 22.8 Å². The van der Waals surface area contributed by atoms with Crippen LogP contribution in [0.3, 0.4) is 0 Å². The summed E-state index contributed by atoms with van der Waals surface area (Å²) >= 11 is 6.14. The van der Waals surface area contributed by atoms with Crippen molar-refractivity contribution in [1.82, 2.24) is 0 Å². The molecule has 0 saturated carbocycles. The molecule has 9 heteroatoms. The quantitative estimate of drug-likeness (QED) is 0.394. The molecule has 7 nitrogen and oxygen atoms in total.